The molecular formula is C24H22F3N5O. The topological polar surface area (TPSA) is 84.1 Å². The van der Waals surface area contributed by atoms with E-state index in [0.717, 1.165) is 17.7 Å². The summed E-state index contributed by atoms with van der Waals surface area (Å²) < 4.78 is 40.0. The Balaban J connectivity index is 1.87. The van der Waals surface area contributed by atoms with Gasteiger partial charge < -0.3 is 16.0 Å². The molecule has 0 spiro atoms. The number of hydrogen-bond acceptors (Lipinski definition) is 5. The minimum Gasteiger partial charge on any atom is -0.368 e. The van der Waals surface area contributed by atoms with Gasteiger partial charge in [-0.15, -0.1) is 0 Å². The summed E-state index contributed by atoms with van der Waals surface area (Å²) in [6.07, 6.45) is -1.55. The van der Waals surface area contributed by atoms with Gasteiger partial charge in [0, 0.05) is 35.8 Å². The van der Waals surface area contributed by atoms with Gasteiger partial charge in [0.25, 0.3) is 5.91 Å². The lowest BCUT2D eigenvalue weighted by Crippen LogP contribution is -2.16. The summed E-state index contributed by atoms with van der Waals surface area (Å²) in [5, 5.41) is 2.57. The number of carbonyl (C=O) groups excluding carboxylic acids is 1. The molecule has 0 unspecified atom stereocenters. The number of aryl methyl sites for hydroxylation is 1. The number of hydrogen-bond donors (Lipinski definition) is 2. The number of rotatable bonds is 4. The molecule has 0 saturated heterocycles. The predicted octanol–water partition coefficient (Wildman–Crippen LogP) is 4.10. The molecule has 1 amide bonds. The average Bonchev–Trinajstić information content (AvgIpc) is 2.73. The summed E-state index contributed by atoms with van der Waals surface area (Å²) in [4.78, 5) is 22.3. The fourth-order valence-corrected chi connectivity index (χ4v) is 3.03. The van der Waals surface area contributed by atoms with Crippen molar-refractivity contribution in [2.24, 2.45) is 0 Å². The molecule has 0 saturated carbocycles. The first-order chi connectivity index (χ1) is 15.5. The first-order valence-corrected chi connectivity index (χ1v) is 9.89. The zero-order valence-corrected chi connectivity index (χ0v) is 18.3. The third-order valence-corrected chi connectivity index (χ3v) is 4.59. The van der Waals surface area contributed by atoms with Gasteiger partial charge in [-0.25, -0.2) is 9.97 Å². The van der Waals surface area contributed by atoms with Crippen molar-refractivity contribution < 1.29 is 18.0 Å². The molecule has 170 valence electrons. The molecule has 2 aromatic carbocycles. The largest absolute Gasteiger partial charge is 0.416 e. The molecule has 1 aromatic heterocycles. The monoisotopic (exact) mass is 453 g/mol. The molecule has 9 heteroatoms. The van der Waals surface area contributed by atoms with Crippen molar-refractivity contribution in [1.82, 2.24) is 14.9 Å². The molecule has 3 aromatic rings. The Hall–Kier alpha value is -3.90. The highest BCUT2D eigenvalue weighted by Crippen LogP contribution is 2.32. The van der Waals surface area contributed by atoms with Gasteiger partial charge in [-0.1, -0.05) is 17.9 Å². The minimum atomic E-state index is -4.53. The van der Waals surface area contributed by atoms with Gasteiger partial charge in [0.15, 0.2) is 0 Å². The Bertz CT molecular complexity index is 1230. The van der Waals surface area contributed by atoms with Crippen LogP contribution >= 0.6 is 0 Å². The molecule has 0 fully saturated rings. The summed E-state index contributed by atoms with van der Waals surface area (Å²) in [5.74, 6) is 5.46. The maximum absolute atomic E-state index is 13.3. The maximum atomic E-state index is 13.3. The second-order valence-corrected chi connectivity index (χ2v) is 7.72. The molecule has 0 aliphatic carbocycles. The van der Waals surface area contributed by atoms with Crippen molar-refractivity contribution in [2.45, 2.75) is 19.6 Å². The zero-order valence-electron chi connectivity index (χ0n) is 18.3. The molecule has 1 heterocycles. The van der Waals surface area contributed by atoms with Crippen LogP contribution in [0.15, 0.2) is 48.8 Å². The third kappa shape index (κ3) is 6.54. The van der Waals surface area contributed by atoms with E-state index in [4.69, 9.17) is 5.73 Å². The molecule has 3 rings (SSSR count). The van der Waals surface area contributed by atoms with Crippen LogP contribution in [0.2, 0.25) is 0 Å². The normalized spacial score (nSPS) is 11.1. The lowest BCUT2D eigenvalue weighted by Gasteiger charge is -2.16. The second-order valence-electron chi connectivity index (χ2n) is 7.72. The van der Waals surface area contributed by atoms with Gasteiger partial charge in [-0.3, -0.25) is 4.79 Å². The number of nitrogens with two attached hydrogens (primary N) is 1. The van der Waals surface area contributed by atoms with E-state index in [1.165, 1.54) is 18.5 Å². The molecular weight excluding hydrogens is 431 g/mol. The SMILES string of the molecule is Cc1ccc(C(=O)Nc2cc(CN(C)C)cc(C(F)(F)F)c2)cc1C#Cc1cnc(N)nc1. The Labute approximate surface area is 189 Å². The standard InChI is InChI=1S/C24H22F3N5O/c1-15-4-6-19(10-18(15)7-5-16-12-29-23(28)30-13-16)22(33)31-21-9-17(14-32(2)3)8-20(11-21)24(25,26)27/h4,6,8-13H,14H2,1-3H3,(H,31,33)(H2,28,29,30). The van der Waals surface area contributed by atoms with Gasteiger partial charge in [-0.05, 0) is 62.5 Å². The van der Waals surface area contributed by atoms with E-state index in [1.807, 2.05) is 6.92 Å². The van der Waals surface area contributed by atoms with Crippen LogP contribution in [0.5, 0.6) is 0 Å². The average molecular weight is 453 g/mol. The second kappa shape index (κ2) is 9.71. The van der Waals surface area contributed by atoms with Crippen LogP contribution in [-0.4, -0.2) is 34.9 Å². The Morgan fingerprint density at radius 3 is 2.42 bits per heavy atom. The van der Waals surface area contributed by atoms with Crippen molar-refractivity contribution in [2.75, 3.05) is 25.1 Å². The van der Waals surface area contributed by atoms with Crippen LogP contribution in [0.3, 0.4) is 0 Å². The van der Waals surface area contributed by atoms with Crippen LogP contribution in [0.4, 0.5) is 24.8 Å². The van der Waals surface area contributed by atoms with Crippen molar-refractivity contribution in [3.8, 4) is 11.8 Å². The molecule has 0 aliphatic rings. The van der Waals surface area contributed by atoms with Crippen molar-refractivity contribution in [3.63, 3.8) is 0 Å². The highest BCUT2D eigenvalue weighted by Gasteiger charge is 2.31. The first kappa shape index (κ1) is 23.8. The van der Waals surface area contributed by atoms with Gasteiger partial charge in [0.05, 0.1) is 11.1 Å². The number of anilines is 2. The molecule has 6 nitrogen and oxygen atoms in total. The molecule has 0 bridgehead atoms. The van der Waals surface area contributed by atoms with Crippen LogP contribution < -0.4 is 11.1 Å². The zero-order chi connectivity index (χ0) is 24.2. The van der Waals surface area contributed by atoms with E-state index in [-0.39, 0.29) is 17.2 Å². The fourth-order valence-electron chi connectivity index (χ4n) is 3.03. The summed E-state index contributed by atoms with van der Waals surface area (Å²) >= 11 is 0. The number of alkyl halides is 3. The number of carbonyl (C=O) groups is 1. The van der Waals surface area contributed by atoms with Crippen molar-refractivity contribution in [1.29, 1.82) is 0 Å². The quantitative estimate of drug-likeness (QED) is 0.581. The number of halogens is 3. The van der Waals surface area contributed by atoms with E-state index in [0.29, 0.717) is 23.2 Å². The van der Waals surface area contributed by atoms with Crippen molar-refractivity contribution in [3.05, 3.63) is 82.2 Å². The Kier molecular flexibility index (Phi) is 6.99. The van der Waals surface area contributed by atoms with Crippen LogP contribution in [-0.2, 0) is 12.7 Å². The molecule has 0 aliphatic heterocycles. The van der Waals surface area contributed by atoms with E-state index >= 15 is 0 Å². The maximum Gasteiger partial charge on any atom is 0.416 e. The van der Waals surface area contributed by atoms with E-state index in [9.17, 15) is 18.0 Å². The number of nitrogens with one attached hydrogen (secondary N) is 1. The number of aromatic nitrogens is 2. The van der Waals surface area contributed by atoms with Crippen LogP contribution in [0.1, 0.15) is 38.2 Å². The molecule has 3 N–H and O–H groups in total. The Morgan fingerprint density at radius 2 is 1.79 bits per heavy atom. The van der Waals surface area contributed by atoms with Gasteiger partial charge in [0.2, 0.25) is 5.95 Å². The lowest BCUT2D eigenvalue weighted by atomic mass is 10.0. The number of amides is 1. The summed E-state index contributed by atoms with van der Waals surface area (Å²) in [7, 11) is 3.51. The summed E-state index contributed by atoms with van der Waals surface area (Å²) in [6, 6.07) is 8.44. The highest BCUT2D eigenvalue weighted by molar-refractivity contribution is 6.04. The molecule has 0 atom stereocenters. The predicted molar refractivity (Wildman–Crippen MR) is 120 cm³/mol. The Morgan fingerprint density at radius 1 is 1.09 bits per heavy atom. The van der Waals surface area contributed by atoms with E-state index in [2.05, 4.69) is 27.1 Å². The van der Waals surface area contributed by atoms with Gasteiger partial charge >= 0.3 is 6.18 Å². The van der Waals surface area contributed by atoms with Crippen LogP contribution in [0, 0.1) is 18.8 Å². The minimum absolute atomic E-state index is 0.0684. The summed E-state index contributed by atoms with van der Waals surface area (Å²) in [6.45, 7) is 2.14. The van der Waals surface area contributed by atoms with Crippen LogP contribution in [0.25, 0.3) is 0 Å². The number of nitrogens with zero attached hydrogens (tertiary/aromatic N) is 3. The lowest BCUT2D eigenvalue weighted by molar-refractivity contribution is -0.137. The smallest absolute Gasteiger partial charge is 0.368 e. The molecule has 0 radical (unpaired) electrons. The molecule has 33 heavy (non-hydrogen) atoms. The van der Waals surface area contributed by atoms with Gasteiger partial charge in [-0.2, -0.15) is 13.2 Å². The fraction of sp³-hybridized carbons (Fsp3) is 0.208. The third-order valence-electron chi connectivity index (χ3n) is 4.59. The summed E-state index contributed by atoms with van der Waals surface area (Å²) in [5.41, 5.74) is 7.40. The number of benzene rings is 2. The van der Waals surface area contributed by atoms with Crippen molar-refractivity contribution >= 4 is 17.5 Å². The van der Waals surface area contributed by atoms with E-state index < -0.39 is 17.6 Å². The highest BCUT2D eigenvalue weighted by atomic mass is 19.4. The van der Waals surface area contributed by atoms with Gasteiger partial charge in [0.1, 0.15) is 0 Å². The number of nitrogen functional groups attached to an aromatic ring is 1. The van der Waals surface area contributed by atoms with E-state index in [1.54, 1.807) is 37.2 Å². The first-order valence-electron chi connectivity index (χ1n) is 9.89.